The number of aromatic carboxylic acids is 1. The van der Waals surface area contributed by atoms with Crippen molar-refractivity contribution in [1.29, 1.82) is 0 Å². The molecular weight excluding hydrogens is 210 g/mol. The van der Waals surface area contributed by atoms with Crippen LogP contribution in [-0.2, 0) is 0 Å². The van der Waals surface area contributed by atoms with E-state index in [-0.39, 0.29) is 17.2 Å². The van der Waals surface area contributed by atoms with Gasteiger partial charge in [-0.25, -0.2) is 14.3 Å². The second-order valence-electron chi connectivity index (χ2n) is 3.84. The van der Waals surface area contributed by atoms with Gasteiger partial charge in [0.05, 0.1) is 0 Å². The number of aromatic nitrogens is 3. The summed E-state index contributed by atoms with van der Waals surface area (Å²) in [6.45, 7) is 3.74. The van der Waals surface area contributed by atoms with Gasteiger partial charge in [-0.2, -0.15) is 0 Å². The number of carboxylic acid groups (broad SMARTS) is 1. The Balaban J connectivity index is 2.89. The average Bonchev–Trinajstić information content (AvgIpc) is 2.55. The van der Waals surface area contributed by atoms with E-state index in [0.717, 1.165) is 0 Å². The molecule has 0 aliphatic carbocycles. The molecule has 0 spiro atoms. The molecule has 2 N–H and O–H groups in total. The number of hydrogen-bond acceptors (Lipinski definition) is 3. The first-order valence-corrected chi connectivity index (χ1v) is 4.84. The van der Waals surface area contributed by atoms with Crippen molar-refractivity contribution < 1.29 is 9.90 Å². The minimum atomic E-state index is -1.08. The molecule has 0 unspecified atom stereocenters. The zero-order valence-corrected chi connectivity index (χ0v) is 8.89. The molecule has 0 radical (unpaired) electrons. The first-order chi connectivity index (χ1) is 7.50. The van der Waals surface area contributed by atoms with Crippen molar-refractivity contribution >= 4 is 11.6 Å². The highest BCUT2D eigenvalue weighted by Gasteiger charge is 2.18. The van der Waals surface area contributed by atoms with Crippen LogP contribution in [0.1, 0.15) is 35.8 Å². The first kappa shape index (κ1) is 10.4. The van der Waals surface area contributed by atoms with Gasteiger partial charge in [-0.05, 0) is 5.92 Å². The maximum Gasteiger partial charge on any atom is 0.354 e. The zero-order chi connectivity index (χ0) is 11.9. The van der Waals surface area contributed by atoms with Crippen LogP contribution < -0.4 is 5.56 Å². The van der Waals surface area contributed by atoms with Crippen LogP contribution in [0.4, 0.5) is 0 Å². The highest BCUT2D eigenvalue weighted by atomic mass is 16.4. The van der Waals surface area contributed by atoms with Crippen molar-refractivity contribution in [3.8, 4) is 0 Å². The lowest BCUT2D eigenvalue weighted by Gasteiger charge is -2.10. The van der Waals surface area contributed by atoms with Crippen LogP contribution in [0.15, 0.2) is 17.1 Å². The van der Waals surface area contributed by atoms with Crippen LogP contribution in [0.3, 0.4) is 0 Å². The Morgan fingerprint density at radius 3 is 2.81 bits per heavy atom. The van der Waals surface area contributed by atoms with Gasteiger partial charge < -0.3 is 5.11 Å². The monoisotopic (exact) mass is 221 g/mol. The lowest BCUT2D eigenvalue weighted by molar-refractivity contribution is 0.0685. The Hall–Kier alpha value is -2.11. The van der Waals surface area contributed by atoms with E-state index in [4.69, 9.17) is 5.11 Å². The fourth-order valence-electron chi connectivity index (χ4n) is 1.61. The van der Waals surface area contributed by atoms with E-state index in [1.165, 1.54) is 16.8 Å². The number of nitrogens with one attached hydrogen (secondary N) is 1. The van der Waals surface area contributed by atoms with Crippen molar-refractivity contribution in [1.82, 2.24) is 14.6 Å². The number of carbonyl (C=O) groups is 1. The molecule has 0 amide bonds. The largest absolute Gasteiger partial charge is 0.477 e. The minimum Gasteiger partial charge on any atom is -0.477 e. The molecule has 0 bridgehead atoms. The molecule has 0 aliphatic heterocycles. The number of H-pyrrole nitrogens is 1. The van der Waals surface area contributed by atoms with Crippen LogP contribution in [0.25, 0.3) is 5.65 Å². The SMILES string of the molecule is CC(C)c1cnc2cc(=O)[nH]n2c1C(=O)O. The van der Waals surface area contributed by atoms with Gasteiger partial charge in [0.2, 0.25) is 0 Å². The van der Waals surface area contributed by atoms with Crippen molar-refractivity contribution in [2.75, 3.05) is 0 Å². The predicted octanol–water partition coefficient (Wildman–Crippen LogP) is 0.844. The number of fused-ring (bicyclic) bond motifs is 1. The highest BCUT2D eigenvalue weighted by molar-refractivity contribution is 5.88. The normalized spacial score (nSPS) is 11.2. The van der Waals surface area contributed by atoms with Crippen molar-refractivity contribution in [3.63, 3.8) is 0 Å². The number of nitrogens with zero attached hydrogens (tertiary/aromatic N) is 2. The predicted molar refractivity (Wildman–Crippen MR) is 56.9 cm³/mol. The molecule has 0 fully saturated rings. The number of aromatic amines is 1. The standard InChI is InChI=1S/C10H11N3O3/c1-5(2)6-4-11-7-3-8(14)12-13(7)9(6)10(15)16/h3-5H,1-2H3,(H,12,14)(H,15,16). The van der Waals surface area contributed by atoms with Gasteiger partial charge in [0.25, 0.3) is 5.56 Å². The van der Waals surface area contributed by atoms with E-state index >= 15 is 0 Å². The topological polar surface area (TPSA) is 87.5 Å². The van der Waals surface area contributed by atoms with E-state index in [0.29, 0.717) is 11.2 Å². The molecule has 16 heavy (non-hydrogen) atoms. The first-order valence-electron chi connectivity index (χ1n) is 4.84. The van der Waals surface area contributed by atoms with Crippen molar-refractivity contribution in [3.05, 3.63) is 33.9 Å². The maximum absolute atomic E-state index is 11.2. The Bertz CT molecular complexity index is 609. The third kappa shape index (κ3) is 1.48. The summed E-state index contributed by atoms with van der Waals surface area (Å²) in [6.07, 6.45) is 1.50. The summed E-state index contributed by atoms with van der Waals surface area (Å²) in [5.74, 6) is -1.06. The summed E-state index contributed by atoms with van der Waals surface area (Å²) < 4.78 is 1.21. The van der Waals surface area contributed by atoms with Crippen LogP contribution in [-0.4, -0.2) is 25.7 Å². The third-order valence-corrected chi connectivity index (χ3v) is 2.37. The molecule has 2 rings (SSSR count). The Kier molecular flexibility index (Phi) is 2.26. The molecule has 0 aliphatic rings. The minimum absolute atomic E-state index is 0.0221. The molecular formula is C10H11N3O3. The zero-order valence-electron chi connectivity index (χ0n) is 8.89. The van der Waals surface area contributed by atoms with Gasteiger partial charge in [-0.1, -0.05) is 13.8 Å². The van der Waals surface area contributed by atoms with Crippen LogP contribution >= 0.6 is 0 Å². The number of carboxylic acids is 1. The molecule has 2 aromatic heterocycles. The van der Waals surface area contributed by atoms with Gasteiger partial charge >= 0.3 is 5.97 Å². The Morgan fingerprint density at radius 1 is 1.56 bits per heavy atom. The Morgan fingerprint density at radius 2 is 2.25 bits per heavy atom. The molecule has 0 atom stereocenters. The third-order valence-electron chi connectivity index (χ3n) is 2.37. The van der Waals surface area contributed by atoms with E-state index in [1.807, 2.05) is 13.8 Å². The van der Waals surface area contributed by atoms with Crippen LogP contribution in [0.2, 0.25) is 0 Å². The van der Waals surface area contributed by atoms with Crippen molar-refractivity contribution in [2.24, 2.45) is 0 Å². The number of rotatable bonds is 2. The molecule has 2 heterocycles. The van der Waals surface area contributed by atoms with Crippen LogP contribution in [0, 0.1) is 0 Å². The fourth-order valence-corrected chi connectivity index (χ4v) is 1.61. The second-order valence-corrected chi connectivity index (χ2v) is 3.84. The van der Waals surface area contributed by atoms with Gasteiger partial charge in [-0.15, -0.1) is 0 Å². The van der Waals surface area contributed by atoms with Gasteiger partial charge in [-0.3, -0.25) is 9.89 Å². The maximum atomic E-state index is 11.2. The molecule has 6 nitrogen and oxygen atoms in total. The van der Waals surface area contributed by atoms with E-state index < -0.39 is 5.97 Å². The molecule has 84 valence electrons. The van der Waals surface area contributed by atoms with Crippen molar-refractivity contribution in [2.45, 2.75) is 19.8 Å². The van der Waals surface area contributed by atoms with E-state index in [9.17, 15) is 9.59 Å². The lowest BCUT2D eigenvalue weighted by Crippen LogP contribution is -2.14. The molecule has 2 aromatic rings. The molecule has 0 saturated heterocycles. The average molecular weight is 221 g/mol. The lowest BCUT2D eigenvalue weighted by atomic mass is 10.0. The van der Waals surface area contributed by atoms with Gasteiger partial charge in [0.1, 0.15) is 0 Å². The smallest absolute Gasteiger partial charge is 0.354 e. The summed E-state index contributed by atoms with van der Waals surface area (Å²) in [5.41, 5.74) is 0.594. The van der Waals surface area contributed by atoms with E-state index in [1.54, 1.807) is 0 Å². The summed E-state index contributed by atoms with van der Waals surface area (Å²) in [4.78, 5) is 26.3. The summed E-state index contributed by atoms with van der Waals surface area (Å²) in [7, 11) is 0. The summed E-state index contributed by atoms with van der Waals surface area (Å²) >= 11 is 0. The Labute approximate surface area is 90.5 Å². The van der Waals surface area contributed by atoms with Crippen LogP contribution in [0.5, 0.6) is 0 Å². The molecule has 6 heteroatoms. The fraction of sp³-hybridized carbons (Fsp3) is 0.300. The second kappa shape index (κ2) is 3.48. The molecule has 0 saturated carbocycles. The summed E-state index contributed by atoms with van der Waals surface area (Å²) in [5, 5.41) is 11.6. The summed E-state index contributed by atoms with van der Waals surface area (Å²) in [6, 6.07) is 1.26. The highest BCUT2D eigenvalue weighted by Crippen LogP contribution is 2.18. The van der Waals surface area contributed by atoms with E-state index in [2.05, 4.69) is 10.1 Å². The van der Waals surface area contributed by atoms with Gasteiger partial charge in [0.15, 0.2) is 11.3 Å². The van der Waals surface area contributed by atoms with Gasteiger partial charge in [0, 0.05) is 17.8 Å². The molecule has 0 aromatic carbocycles. The quantitative estimate of drug-likeness (QED) is 0.786. The number of hydrogen-bond donors (Lipinski definition) is 2.